The van der Waals surface area contributed by atoms with Gasteiger partial charge in [0.15, 0.2) is 5.13 Å². The second-order valence-electron chi connectivity index (χ2n) is 3.67. The number of hydrogen-bond acceptors (Lipinski definition) is 5. The first-order chi connectivity index (χ1) is 8.15. The highest BCUT2D eigenvalue weighted by Gasteiger charge is 2.12. The molecule has 0 atom stereocenters. The zero-order valence-corrected chi connectivity index (χ0v) is 10.5. The number of aromatic nitrogens is 1. The molecule has 0 fully saturated rings. The van der Waals surface area contributed by atoms with Gasteiger partial charge in [-0.15, -0.1) is 0 Å². The maximum atomic E-state index is 9.25. The summed E-state index contributed by atoms with van der Waals surface area (Å²) in [7, 11) is 1.64. The van der Waals surface area contributed by atoms with Gasteiger partial charge in [0.05, 0.1) is 24.3 Å². The molecule has 1 heterocycles. The zero-order chi connectivity index (χ0) is 12.4. The van der Waals surface area contributed by atoms with E-state index in [0.29, 0.717) is 5.13 Å². The van der Waals surface area contributed by atoms with Crippen molar-refractivity contribution in [3.05, 3.63) is 28.6 Å². The van der Waals surface area contributed by atoms with Crippen LogP contribution in [0.5, 0.6) is 5.75 Å². The number of aliphatic hydroxyl groups is 1. The van der Waals surface area contributed by atoms with Gasteiger partial charge in [-0.2, -0.15) is 0 Å². The molecule has 0 radical (unpaired) electrons. The molecule has 0 saturated carbocycles. The predicted octanol–water partition coefficient (Wildman–Crippen LogP) is 2.20. The summed E-state index contributed by atoms with van der Waals surface area (Å²) in [4.78, 5) is 5.03. The van der Waals surface area contributed by atoms with Gasteiger partial charge in [0.1, 0.15) is 5.75 Å². The molecule has 4 nitrogen and oxygen atoms in total. The average Bonchev–Trinajstić information content (AvgIpc) is 2.70. The number of methoxy groups -OCH3 is 1. The molecule has 0 aliphatic rings. The predicted molar refractivity (Wildman–Crippen MR) is 69.2 cm³/mol. The summed E-state index contributed by atoms with van der Waals surface area (Å²) in [6.45, 7) is 1.92. The monoisotopic (exact) mass is 250 g/mol. The minimum Gasteiger partial charge on any atom is -0.496 e. The van der Waals surface area contributed by atoms with E-state index in [-0.39, 0.29) is 6.61 Å². The summed E-state index contributed by atoms with van der Waals surface area (Å²) in [6, 6.07) is 5.79. The van der Waals surface area contributed by atoms with Crippen LogP contribution in [0, 0.1) is 6.92 Å². The highest BCUT2D eigenvalue weighted by molar-refractivity contribution is 7.15. The molecule has 0 amide bonds. The number of nitrogens with two attached hydrogens (primary N) is 1. The molecule has 17 heavy (non-hydrogen) atoms. The fraction of sp³-hybridized carbons (Fsp3) is 0.250. The first-order valence-electron chi connectivity index (χ1n) is 5.16. The van der Waals surface area contributed by atoms with E-state index in [1.54, 1.807) is 7.11 Å². The highest BCUT2D eigenvalue weighted by Crippen LogP contribution is 2.32. The topological polar surface area (TPSA) is 68.4 Å². The minimum absolute atomic E-state index is 0.0464. The fourth-order valence-corrected chi connectivity index (χ4v) is 2.44. The molecule has 0 aliphatic heterocycles. The Bertz CT molecular complexity index is 537. The lowest BCUT2D eigenvalue weighted by atomic mass is 10.1. The van der Waals surface area contributed by atoms with Crippen molar-refractivity contribution < 1.29 is 9.84 Å². The maximum Gasteiger partial charge on any atom is 0.180 e. The Kier molecular flexibility index (Phi) is 3.31. The number of aryl methyl sites for hydroxylation is 1. The summed E-state index contributed by atoms with van der Waals surface area (Å²) in [5.74, 6) is 0.836. The van der Waals surface area contributed by atoms with E-state index in [1.807, 2.05) is 25.1 Å². The van der Waals surface area contributed by atoms with Crippen molar-refractivity contribution in [2.45, 2.75) is 13.5 Å². The molecule has 0 spiro atoms. The number of nitrogen functional groups attached to an aromatic ring is 1. The van der Waals surface area contributed by atoms with E-state index in [9.17, 15) is 5.11 Å². The van der Waals surface area contributed by atoms with Crippen LogP contribution in [0.4, 0.5) is 5.13 Å². The Hall–Kier alpha value is -1.59. The van der Waals surface area contributed by atoms with Crippen molar-refractivity contribution in [2.24, 2.45) is 0 Å². The van der Waals surface area contributed by atoms with Crippen LogP contribution in [0.2, 0.25) is 0 Å². The van der Waals surface area contributed by atoms with E-state index in [0.717, 1.165) is 27.4 Å². The SMILES string of the molecule is COc1ccc(-c2nc(N)sc2CO)cc1C. The molecule has 3 N–H and O–H groups in total. The van der Waals surface area contributed by atoms with Gasteiger partial charge < -0.3 is 15.6 Å². The van der Waals surface area contributed by atoms with Gasteiger partial charge in [0.25, 0.3) is 0 Å². The number of nitrogens with zero attached hydrogens (tertiary/aromatic N) is 1. The number of thiazole rings is 1. The average molecular weight is 250 g/mol. The molecular formula is C12H14N2O2S. The van der Waals surface area contributed by atoms with E-state index >= 15 is 0 Å². The molecule has 0 unspecified atom stereocenters. The standard InChI is InChI=1S/C12H14N2O2S/c1-7-5-8(3-4-9(7)16-2)11-10(6-15)17-12(13)14-11/h3-5,15H,6H2,1-2H3,(H2,13,14). The second kappa shape index (κ2) is 4.73. The molecule has 0 aliphatic carbocycles. The van der Waals surface area contributed by atoms with Gasteiger partial charge in [-0.25, -0.2) is 4.98 Å². The molecule has 2 rings (SSSR count). The Balaban J connectivity index is 2.49. The first-order valence-corrected chi connectivity index (χ1v) is 5.98. The lowest BCUT2D eigenvalue weighted by molar-refractivity contribution is 0.286. The number of rotatable bonds is 3. The van der Waals surface area contributed by atoms with Crippen molar-refractivity contribution in [1.29, 1.82) is 0 Å². The maximum absolute atomic E-state index is 9.25. The van der Waals surface area contributed by atoms with Gasteiger partial charge >= 0.3 is 0 Å². The largest absolute Gasteiger partial charge is 0.496 e. The van der Waals surface area contributed by atoms with Crippen LogP contribution in [0.25, 0.3) is 11.3 Å². The number of benzene rings is 1. The smallest absolute Gasteiger partial charge is 0.180 e. The van der Waals surface area contributed by atoms with Crippen molar-refractivity contribution in [3.63, 3.8) is 0 Å². The summed E-state index contributed by atoms with van der Waals surface area (Å²) in [5, 5.41) is 9.72. The van der Waals surface area contributed by atoms with Crippen molar-refractivity contribution in [1.82, 2.24) is 4.98 Å². The molecule has 0 bridgehead atoms. The van der Waals surface area contributed by atoms with Crippen LogP contribution >= 0.6 is 11.3 Å². The van der Waals surface area contributed by atoms with E-state index in [2.05, 4.69) is 4.98 Å². The Morgan fingerprint density at radius 1 is 1.47 bits per heavy atom. The quantitative estimate of drug-likeness (QED) is 0.876. The van der Waals surface area contributed by atoms with Crippen LogP contribution in [0.15, 0.2) is 18.2 Å². The van der Waals surface area contributed by atoms with Gasteiger partial charge in [-0.1, -0.05) is 11.3 Å². The summed E-state index contributed by atoms with van der Waals surface area (Å²) in [6.07, 6.45) is 0. The lowest BCUT2D eigenvalue weighted by Gasteiger charge is -2.06. The normalized spacial score (nSPS) is 10.5. The van der Waals surface area contributed by atoms with Crippen LogP contribution in [-0.2, 0) is 6.61 Å². The molecular weight excluding hydrogens is 236 g/mol. The van der Waals surface area contributed by atoms with Crippen LogP contribution < -0.4 is 10.5 Å². The first kappa shape index (κ1) is 11.9. The summed E-state index contributed by atoms with van der Waals surface area (Å²) < 4.78 is 5.21. The summed E-state index contributed by atoms with van der Waals surface area (Å²) >= 11 is 1.31. The van der Waals surface area contributed by atoms with E-state index in [4.69, 9.17) is 10.5 Å². The number of hydrogen-bond donors (Lipinski definition) is 2. The molecule has 2 aromatic rings. The van der Waals surface area contributed by atoms with E-state index < -0.39 is 0 Å². The van der Waals surface area contributed by atoms with Gasteiger partial charge in [-0.3, -0.25) is 0 Å². The molecule has 1 aromatic heterocycles. The third-order valence-electron chi connectivity index (χ3n) is 2.53. The van der Waals surface area contributed by atoms with Crippen LogP contribution in [-0.4, -0.2) is 17.2 Å². The number of ether oxygens (including phenoxy) is 1. The van der Waals surface area contributed by atoms with Gasteiger partial charge in [0, 0.05) is 5.56 Å². The molecule has 1 aromatic carbocycles. The zero-order valence-electron chi connectivity index (χ0n) is 9.73. The molecule has 90 valence electrons. The van der Waals surface area contributed by atoms with Crippen LogP contribution in [0.1, 0.15) is 10.4 Å². The Morgan fingerprint density at radius 3 is 2.82 bits per heavy atom. The Labute approximate surface area is 104 Å². The fourth-order valence-electron chi connectivity index (χ4n) is 1.73. The lowest BCUT2D eigenvalue weighted by Crippen LogP contribution is -1.90. The van der Waals surface area contributed by atoms with Crippen molar-refractivity contribution in [3.8, 4) is 17.0 Å². The van der Waals surface area contributed by atoms with Gasteiger partial charge in [0.2, 0.25) is 0 Å². The van der Waals surface area contributed by atoms with Crippen LogP contribution in [0.3, 0.4) is 0 Å². The highest BCUT2D eigenvalue weighted by atomic mass is 32.1. The summed E-state index contributed by atoms with van der Waals surface area (Å²) in [5.41, 5.74) is 8.38. The third kappa shape index (κ3) is 2.25. The number of aliphatic hydroxyl groups excluding tert-OH is 1. The Morgan fingerprint density at radius 2 is 2.24 bits per heavy atom. The van der Waals surface area contributed by atoms with Crippen molar-refractivity contribution in [2.75, 3.05) is 12.8 Å². The molecule has 0 saturated heterocycles. The van der Waals surface area contributed by atoms with E-state index in [1.165, 1.54) is 11.3 Å². The second-order valence-corrected chi connectivity index (χ2v) is 4.78. The molecule has 5 heteroatoms. The van der Waals surface area contributed by atoms with Crippen molar-refractivity contribution >= 4 is 16.5 Å². The van der Waals surface area contributed by atoms with Gasteiger partial charge in [-0.05, 0) is 30.7 Å². The minimum atomic E-state index is -0.0464. The number of anilines is 1. The third-order valence-corrected chi connectivity index (χ3v) is 3.40.